The lowest BCUT2D eigenvalue weighted by Gasteiger charge is -2.08. The second kappa shape index (κ2) is 4.45. The fourth-order valence-electron chi connectivity index (χ4n) is 1.30. The molecule has 0 aliphatic heterocycles. The van der Waals surface area contributed by atoms with Gasteiger partial charge < -0.3 is 11.1 Å². The maximum absolute atomic E-state index is 13.1. The summed E-state index contributed by atoms with van der Waals surface area (Å²) in [7, 11) is -4.07. The van der Waals surface area contributed by atoms with Crippen LogP contribution in [-0.2, 0) is 10.0 Å². The number of hydrogen-bond donors (Lipinski definition) is 3. The number of benzene rings is 1. The molecular weight excluding hydrogens is 261 g/mol. The van der Waals surface area contributed by atoms with Crippen molar-refractivity contribution in [2.45, 2.75) is 23.8 Å². The molecule has 1 aliphatic carbocycles. The predicted octanol–water partition coefficient (Wildman–Crippen LogP) is 0.558. The highest BCUT2D eigenvalue weighted by atomic mass is 32.2. The van der Waals surface area contributed by atoms with Crippen molar-refractivity contribution in [3.05, 3.63) is 24.0 Å². The van der Waals surface area contributed by atoms with Crippen molar-refractivity contribution in [1.82, 2.24) is 10.0 Å². The lowest BCUT2D eigenvalue weighted by molar-refractivity contribution is 0.245. The number of nitrogen functional groups attached to an aromatic ring is 1. The SMILES string of the molecule is Nc1ccc(S(=O)(=O)NC(=O)NC2CC2)cc1F. The van der Waals surface area contributed by atoms with E-state index in [0.29, 0.717) is 0 Å². The van der Waals surface area contributed by atoms with Gasteiger partial charge in [-0.1, -0.05) is 0 Å². The van der Waals surface area contributed by atoms with Gasteiger partial charge in [-0.15, -0.1) is 0 Å². The van der Waals surface area contributed by atoms with Gasteiger partial charge in [-0.25, -0.2) is 22.3 Å². The van der Waals surface area contributed by atoms with Crippen LogP contribution in [0.2, 0.25) is 0 Å². The van der Waals surface area contributed by atoms with E-state index in [-0.39, 0.29) is 16.6 Å². The topological polar surface area (TPSA) is 101 Å². The van der Waals surface area contributed by atoms with Crippen LogP contribution in [0.15, 0.2) is 23.1 Å². The van der Waals surface area contributed by atoms with Crippen LogP contribution in [0.25, 0.3) is 0 Å². The Balaban J connectivity index is 2.13. The number of anilines is 1. The molecule has 2 rings (SSSR count). The maximum atomic E-state index is 13.1. The molecule has 4 N–H and O–H groups in total. The van der Waals surface area contributed by atoms with E-state index < -0.39 is 21.9 Å². The highest BCUT2D eigenvalue weighted by Crippen LogP contribution is 2.19. The third-order valence-electron chi connectivity index (χ3n) is 2.42. The van der Waals surface area contributed by atoms with E-state index in [1.807, 2.05) is 0 Å². The van der Waals surface area contributed by atoms with Gasteiger partial charge in [0.2, 0.25) is 0 Å². The molecule has 0 atom stereocenters. The summed E-state index contributed by atoms with van der Waals surface area (Å²) in [6.07, 6.45) is 1.67. The number of amides is 2. The zero-order valence-electron chi connectivity index (χ0n) is 9.31. The number of urea groups is 1. The third kappa shape index (κ3) is 2.89. The molecule has 18 heavy (non-hydrogen) atoms. The van der Waals surface area contributed by atoms with E-state index in [1.54, 1.807) is 4.72 Å². The van der Waals surface area contributed by atoms with Gasteiger partial charge >= 0.3 is 6.03 Å². The molecule has 8 heteroatoms. The van der Waals surface area contributed by atoms with Crippen molar-refractivity contribution in [2.24, 2.45) is 0 Å². The highest BCUT2D eigenvalue weighted by Gasteiger charge is 2.26. The molecule has 0 spiro atoms. The predicted molar refractivity (Wildman–Crippen MR) is 62.7 cm³/mol. The van der Waals surface area contributed by atoms with E-state index in [2.05, 4.69) is 5.32 Å². The molecule has 1 fully saturated rings. The van der Waals surface area contributed by atoms with Gasteiger partial charge in [-0.3, -0.25) is 0 Å². The molecule has 0 radical (unpaired) electrons. The highest BCUT2D eigenvalue weighted by molar-refractivity contribution is 7.90. The molecule has 1 aromatic carbocycles. The minimum Gasteiger partial charge on any atom is -0.396 e. The summed E-state index contributed by atoms with van der Waals surface area (Å²) in [5.74, 6) is -0.847. The third-order valence-corrected chi connectivity index (χ3v) is 3.75. The van der Waals surface area contributed by atoms with Crippen LogP contribution < -0.4 is 15.8 Å². The Kier molecular flexibility index (Phi) is 3.12. The van der Waals surface area contributed by atoms with E-state index in [4.69, 9.17) is 5.73 Å². The van der Waals surface area contributed by atoms with Crippen molar-refractivity contribution in [3.8, 4) is 0 Å². The summed E-state index contributed by atoms with van der Waals surface area (Å²) in [6, 6.07) is 2.24. The normalized spacial score (nSPS) is 15.2. The number of hydrogen-bond acceptors (Lipinski definition) is 4. The molecule has 0 unspecified atom stereocenters. The Morgan fingerprint density at radius 1 is 1.39 bits per heavy atom. The first-order valence-corrected chi connectivity index (χ1v) is 6.75. The van der Waals surface area contributed by atoms with E-state index in [1.165, 1.54) is 0 Å². The summed E-state index contributed by atoms with van der Waals surface area (Å²) >= 11 is 0. The van der Waals surface area contributed by atoms with Crippen molar-refractivity contribution in [1.29, 1.82) is 0 Å². The van der Waals surface area contributed by atoms with Crippen molar-refractivity contribution >= 4 is 21.7 Å². The summed E-state index contributed by atoms with van der Waals surface area (Å²) in [6.45, 7) is 0. The molecule has 1 aliphatic rings. The average Bonchev–Trinajstić information content (AvgIpc) is 3.04. The first kappa shape index (κ1) is 12.6. The van der Waals surface area contributed by atoms with E-state index in [9.17, 15) is 17.6 Å². The molecule has 1 saturated carbocycles. The Morgan fingerprint density at radius 2 is 2.06 bits per heavy atom. The van der Waals surface area contributed by atoms with Gasteiger partial charge in [0.25, 0.3) is 10.0 Å². The van der Waals surface area contributed by atoms with Crippen molar-refractivity contribution in [2.75, 3.05) is 5.73 Å². The van der Waals surface area contributed by atoms with E-state index >= 15 is 0 Å². The average molecular weight is 273 g/mol. The Bertz CT molecular complexity index is 584. The first-order chi connectivity index (χ1) is 8.38. The number of nitrogens with two attached hydrogens (primary N) is 1. The van der Waals surface area contributed by atoms with Gasteiger partial charge in [0.1, 0.15) is 5.82 Å². The number of sulfonamides is 1. The van der Waals surface area contributed by atoms with Crippen LogP contribution in [0, 0.1) is 5.82 Å². The second-order valence-corrected chi connectivity index (χ2v) is 5.72. The molecule has 98 valence electrons. The molecule has 1 aromatic rings. The number of halogens is 1. The fourth-order valence-corrected chi connectivity index (χ4v) is 2.23. The Hall–Kier alpha value is -1.83. The van der Waals surface area contributed by atoms with Crippen LogP contribution in [0.5, 0.6) is 0 Å². The summed E-state index contributed by atoms with van der Waals surface area (Å²) in [4.78, 5) is 11.0. The Morgan fingerprint density at radius 3 is 2.61 bits per heavy atom. The lowest BCUT2D eigenvalue weighted by atomic mass is 10.3. The number of carbonyl (C=O) groups excluding carboxylic acids is 1. The van der Waals surface area contributed by atoms with Gasteiger partial charge in [0, 0.05) is 6.04 Å². The van der Waals surface area contributed by atoms with Crippen LogP contribution in [0.3, 0.4) is 0 Å². The molecule has 0 aromatic heterocycles. The molecule has 0 bridgehead atoms. The summed E-state index contributed by atoms with van der Waals surface area (Å²) < 4.78 is 38.4. The monoisotopic (exact) mass is 273 g/mol. The van der Waals surface area contributed by atoms with Crippen molar-refractivity contribution < 1.29 is 17.6 Å². The smallest absolute Gasteiger partial charge is 0.328 e. The molecular formula is C10H12FN3O3S. The number of nitrogens with one attached hydrogen (secondary N) is 2. The number of carbonyl (C=O) groups is 1. The quantitative estimate of drug-likeness (QED) is 0.700. The molecule has 2 amide bonds. The molecule has 6 nitrogen and oxygen atoms in total. The summed E-state index contributed by atoms with van der Waals surface area (Å²) in [5.41, 5.74) is 5.08. The fraction of sp³-hybridized carbons (Fsp3) is 0.300. The minimum atomic E-state index is -4.07. The van der Waals surface area contributed by atoms with Gasteiger partial charge in [0.15, 0.2) is 0 Å². The van der Waals surface area contributed by atoms with Crippen LogP contribution in [-0.4, -0.2) is 20.5 Å². The van der Waals surface area contributed by atoms with Crippen LogP contribution in [0.1, 0.15) is 12.8 Å². The van der Waals surface area contributed by atoms with Gasteiger partial charge in [-0.2, -0.15) is 0 Å². The summed E-state index contributed by atoms with van der Waals surface area (Å²) in [5, 5.41) is 2.46. The van der Waals surface area contributed by atoms with Crippen LogP contribution in [0.4, 0.5) is 14.9 Å². The Labute approximate surface area is 103 Å². The second-order valence-electron chi connectivity index (χ2n) is 4.04. The van der Waals surface area contributed by atoms with Crippen molar-refractivity contribution in [3.63, 3.8) is 0 Å². The zero-order valence-corrected chi connectivity index (χ0v) is 10.1. The number of rotatable bonds is 3. The molecule has 0 heterocycles. The van der Waals surface area contributed by atoms with Crippen LogP contribution >= 0.6 is 0 Å². The van der Waals surface area contributed by atoms with Gasteiger partial charge in [-0.05, 0) is 31.0 Å². The van der Waals surface area contributed by atoms with E-state index in [0.717, 1.165) is 31.0 Å². The zero-order chi connectivity index (χ0) is 13.3. The largest absolute Gasteiger partial charge is 0.396 e. The van der Waals surface area contributed by atoms with Gasteiger partial charge in [0.05, 0.1) is 10.6 Å². The standard InChI is InChI=1S/C10H12FN3O3S/c11-8-5-7(3-4-9(8)12)18(16,17)14-10(15)13-6-1-2-6/h3-6H,1-2,12H2,(H2,13,14,15). The minimum absolute atomic E-state index is 0.0309. The molecule has 0 saturated heterocycles. The first-order valence-electron chi connectivity index (χ1n) is 5.27. The maximum Gasteiger partial charge on any atom is 0.328 e. The lowest BCUT2D eigenvalue weighted by Crippen LogP contribution is -2.40.